The minimum absolute atomic E-state index is 0.201. The van der Waals surface area contributed by atoms with Crippen molar-refractivity contribution in [3.8, 4) is 0 Å². The summed E-state index contributed by atoms with van der Waals surface area (Å²) in [6.45, 7) is 6.00. The summed E-state index contributed by atoms with van der Waals surface area (Å²) < 4.78 is 0. The van der Waals surface area contributed by atoms with Crippen LogP contribution in [0.3, 0.4) is 0 Å². The molecule has 0 bridgehead atoms. The van der Waals surface area contributed by atoms with E-state index in [9.17, 15) is 4.79 Å². The summed E-state index contributed by atoms with van der Waals surface area (Å²) in [5.41, 5.74) is 5.22. The molecule has 0 aromatic rings. The summed E-state index contributed by atoms with van der Waals surface area (Å²) in [5.74, 6) is 0.201. The largest absolute Gasteiger partial charge is 0.342 e. The molecule has 0 radical (unpaired) electrons. The Morgan fingerprint density at radius 1 is 1.38 bits per heavy atom. The highest BCUT2D eigenvalue weighted by atomic mass is 16.2. The van der Waals surface area contributed by atoms with E-state index in [1.54, 1.807) is 0 Å². The van der Waals surface area contributed by atoms with Gasteiger partial charge in [-0.2, -0.15) is 0 Å². The Hall–Kier alpha value is -0.610. The Kier molecular flexibility index (Phi) is 4.33. The molecule has 0 unspecified atom stereocenters. The second-order valence-electron chi connectivity index (χ2n) is 5.57. The molecule has 4 heteroatoms. The lowest BCUT2D eigenvalue weighted by atomic mass is 9.90. The first-order chi connectivity index (χ1) is 7.38. The first-order valence-electron chi connectivity index (χ1n) is 6.04. The number of hydrogen-bond acceptors (Lipinski definition) is 3. The smallest absolute Gasteiger partial charge is 0.229 e. The highest BCUT2D eigenvalue weighted by Gasteiger charge is 2.33. The molecule has 1 aliphatic rings. The van der Waals surface area contributed by atoms with Crippen molar-refractivity contribution < 1.29 is 4.79 Å². The van der Waals surface area contributed by atoms with Gasteiger partial charge in [0, 0.05) is 25.7 Å². The van der Waals surface area contributed by atoms with E-state index in [0.717, 1.165) is 25.9 Å². The molecule has 0 saturated carbocycles. The fourth-order valence-corrected chi connectivity index (χ4v) is 2.10. The number of carbonyl (C=O) groups is 1. The topological polar surface area (TPSA) is 49.6 Å². The Morgan fingerprint density at radius 3 is 2.25 bits per heavy atom. The summed E-state index contributed by atoms with van der Waals surface area (Å²) in [5, 5.41) is 0. The van der Waals surface area contributed by atoms with Gasteiger partial charge >= 0.3 is 0 Å². The van der Waals surface area contributed by atoms with E-state index in [4.69, 9.17) is 5.73 Å². The lowest BCUT2D eigenvalue weighted by Crippen LogP contribution is -2.50. The minimum Gasteiger partial charge on any atom is -0.342 e. The molecule has 1 fully saturated rings. The van der Waals surface area contributed by atoms with Crippen LogP contribution in [0.25, 0.3) is 0 Å². The van der Waals surface area contributed by atoms with Crippen molar-refractivity contribution in [2.24, 2.45) is 11.1 Å². The van der Waals surface area contributed by atoms with E-state index >= 15 is 0 Å². The Labute approximate surface area is 98.8 Å². The van der Waals surface area contributed by atoms with Crippen LogP contribution in [0, 0.1) is 5.41 Å². The van der Waals surface area contributed by atoms with Crippen LogP contribution in [0.4, 0.5) is 0 Å². The summed E-state index contributed by atoms with van der Waals surface area (Å²) in [4.78, 5) is 16.4. The summed E-state index contributed by atoms with van der Waals surface area (Å²) in [6.07, 6.45) is 2.14. The maximum absolute atomic E-state index is 12.2. The highest BCUT2D eigenvalue weighted by Crippen LogP contribution is 2.21. The van der Waals surface area contributed by atoms with Crippen molar-refractivity contribution in [3.63, 3.8) is 0 Å². The molecule has 0 aromatic carbocycles. The lowest BCUT2D eigenvalue weighted by molar-refractivity contribution is -0.141. The van der Waals surface area contributed by atoms with Crippen molar-refractivity contribution in [1.29, 1.82) is 0 Å². The predicted molar refractivity (Wildman–Crippen MR) is 66.1 cm³/mol. The summed E-state index contributed by atoms with van der Waals surface area (Å²) >= 11 is 0. The van der Waals surface area contributed by atoms with Gasteiger partial charge in [0.15, 0.2) is 0 Å². The molecule has 4 nitrogen and oxygen atoms in total. The predicted octanol–water partition coefficient (Wildman–Crippen LogP) is 0.524. The number of nitrogens with zero attached hydrogens (tertiary/aromatic N) is 2. The standard InChI is InChI=1S/C12H25N3O/c1-12(2,9-13)11(16)15-7-5-10(6-8-15)14(3)4/h10H,5-9,13H2,1-4H3. The maximum atomic E-state index is 12.2. The molecule has 0 aliphatic carbocycles. The molecular weight excluding hydrogens is 202 g/mol. The Morgan fingerprint density at radius 2 is 1.88 bits per heavy atom. The normalized spacial score (nSPS) is 19.2. The fraction of sp³-hybridized carbons (Fsp3) is 0.917. The number of carbonyl (C=O) groups excluding carboxylic acids is 1. The number of amides is 1. The van der Waals surface area contributed by atoms with E-state index in [1.807, 2.05) is 18.7 Å². The third kappa shape index (κ3) is 2.95. The van der Waals surface area contributed by atoms with Crippen LogP contribution in [0.15, 0.2) is 0 Å². The van der Waals surface area contributed by atoms with Crippen LogP contribution in [-0.4, -0.2) is 55.5 Å². The van der Waals surface area contributed by atoms with Gasteiger partial charge in [0.1, 0.15) is 0 Å². The molecule has 1 heterocycles. The second-order valence-corrected chi connectivity index (χ2v) is 5.57. The molecule has 0 spiro atoms. The van der Waals surface area contributed by atoms with E-state index in [2.05, 4.69) is 19.0 Å². The van der Waals surface area contributed by atoms with Crippen LogP contribution in [0.5, 0.6) is 0 Å². The monoisotopic (exact) mass is 227 g/mol. The SMILES string of the molecule is CN(C)C1CCN(C(=O)C(C)(C)CN)CC1. The van der Waals surface area contributed by atoms with E-state index in [0.29, 0.717) is 12.6 Å². The van der Waals surface area contributed by atoms with Crippen molar-refractivity contribution in [3.05, 3.63) is 0 Å². The van der Waals surface area contributed by atoms with E-state index in [1.165, 1.54) is 0 Å². The van der Waals surface area contributed by atoms with Gasteiger partial charge in [-0.3, -0.25) is 4.79 Å². The third-order valence-electron chi connectivity index (χ3n) is 3.57. The number of rotatable bonds is 3. The molecule has 0 aromatic heterocycles. The Balaban J connectivity index is 2.51. The molecule has 1 amide bonds. The molecule has 16 heavy (non-hydrogen) atoms. The number of likely N-dealkylation sites (tertiary alicyclic amines) is 1. The fourth-order valence-electron chi connectivity index (χ4n) is 2.10. The second kappa shape index (κ2) is 5.15. The average Bonchev–Trinajstić information content (AvgIpc) is 2.28. The van der Waals surface area contributed by atoms with Gasteiger partial charge < -0.3 is 15.5 Å². The van der Waals surface area contributed by atoms with E-state index < -0.39 is 5.41 Å². The van der Waals surface area contributed by atoms with Gasteiger partial charge in [-0.15, -0.1) is 0 Å². The van der Waals surface area contributed by atoms with E-state index in [-0.39, 0.29) is 5.91 Å². The van der Waals surface area contributed by atoms with Crippen LogP contribution < -0.4 is 5.73 Å². The molecular formula is C12H25N3O. The van der Waals surface area contributed by atoms with Gasteiger partial charge in [-0.1, -0.05) is 0 Å². The molecule has 0 atom stereocenters. The highest BCUT2D eigenvalue weighted by molar-refractivity contribution is 5.82. The molecule has 2 N–H and O–H groups in total. The van der Waals surface area contributed by atoms with Gasteiger partial charge in [0.2, 0.25) is 5.91 Å². The van der Waals surface area contributed by atoms with Crippen molar-refractivity contribution >= 4 is 5.91 Å². The number of hydrogen-bond donors (Lipinski definition) is 1. The van der Waals surface area contributed by atoms with Gasteiger partial charge in [0.25, 0.3) is 0 Å². The third-order valence-corrected chi connectivity index (χ3v) is 3.57. The van der Waals surface area contributed by atoms with Gasteiger partial charge in [-0.25, -0.2) is 0 Å². The van der Waals surface area contributed by atoms with Gasteiger partial charge in [0.05, 0.1) is 5.41 Å². The quantitative estimate of drug-likeness (QED) is 0.765. The molecule has 94 valence electrons. The summed E-state index contributed by atoms with van der Waals surface area (Å²) in [6, 6.07) is 0.616. The number of piperidine rings is 1. The van der Waals surface area contributed by atoms with Crippen molar-refractivity contribution in [2.45, 2.75) is 32.7 Å². The number of nitrogens with two attached hydrogens (primary N) is 1. The van der Waals surface area contributed by atoms with Gasteiger partial charge in [-0.05, 0) is 40.8 Å². The first kappa shape index (κ1) is 13.5. The van der Waals surface area contributed by atoms with Crippen LogP contribution in [0.2, 0.25) is 0 Å². The van der Waals surface area contributed by atoms with Crippen LogP contribution in [-0.2, 0) is 4.79 Å². The zero-order valence-corrected chi connectivity index (χ0v) is 11.0. The van der Waals surface area contributed by atoms with Crippen molar-refractivity contribution in [1.82, 2.24) is 9.80 Å². The zero-order valence-electron chi connectivity index (χ0n) is 11.0. The summed E-state index contributed by atoms with van der Waals surface area (Å²) in [7, 11) is 4.21. The molecule has 1 rings (SSSR count). The zero-order chi connectivity index (χ0) is 12.3. The lowest BCUT2D eigenvalue weighted by Gasteiger charge is -2.38. The first-order valence-corrected chi connectivity index (χ1v) is 6.04. The maximum Gasteiger partial charge on any atom is 0.229 e. The van der Waals surface area contributed by atoms with Crippen molar-refractivity contribution in [2.75, 3.05) is 33.7 Å². The van der Waals surface area contributed by atoms with Crippen LogP contribution in [0.1, 0.15) is 26.7 Å². The molecule has 1 saturated heterocycles. The minimum atomic E-state index is -0.412. The average molecular weight is 227 g/mol. The molecule has 1 aliphatic heterocycles. The Bertz CT molecular complexity index is 243. The van der Waals surface area contributed by atoms with Crippen LogP contribution >= 0.6 is 0 Å².